The molecular weight excluding hydrogens is 239 g/mol. The molecule has 0 amide bonds. The standard InChI is InChI=1S/C12H11FN2O3/c1-18-6-9-14-11(16)10(12(17)15-9)7-3-2-4-8(13)5-7/h2-5H,6H2,1H3,(H2,14,15,16,17). The second-order valence-corrected chi connectivity index (χ2v) is 3.65. The minimum absolute atomic E-state index is 0.0608. The van der Waals surface area contributed by atoms with E-state index in [1.54, 1.807) is 0 Å². The molecule has 1 heterocycles. The molecule has 2 aromatic rings. The molecule has 94 valence electrons. The third kappa shape index (κ3) is 2.38. The predicted molar refractivity (Wildman–Crippen MR) is 62.6 cm³/mol. The fraction of sp³-hybridized carbons (Fsp3) is 0.167. The summed E-state index contributed by atoms with van der Waals surface area (Å²) in [6, 6.07) is 5.38. The molecule has 0 fully saturated rings. The molecule has 1 aromatic carbocycles. The number of ether oxygens (including phenoxy) is 1. The van der Waals surface area contributed by atoms with Gasteiger partial charge in [-0.15, -0.1) is 0 Å². The Labute approximate surface area is 102 Å². The van der Waals surface area contributed by atoms with E-state index in [0.29, 0.717) is 0 Å². The molecule has 18 heavy (non-hydrogen) atoms. The largest absolute Gasteiger partial charge is 0.493 e. The predicted octanol–water partition coefficient (Wildman–Crippen LogP) is 1.43. The average Bonchev–Trinajstić information content (AvgIpc) is 2.28. The van der Waals surface area contributed by atoms with Crippen LogP contribution < -0.4 is 5.56 Å². The number of nitrogens with one attached hydrogen (secondary N) is 1. The Balaban J connectivity index is 2.55. The number of benzene rings is 1. The van der Waals surface area contributed by atoms with Crippen molar-refractivity contribution in [1.29, 1.82) is 0 Å². The van der Waals surface area contributed by atoms with E-state index in [2.05, 4.69) is 9.97 Å². The quantitative estimate of drug-likeness (QED) is 0.864. The number of aromatic nitrogens is 2. The smallest absolute Gasteiger partial charge is 0.262 e. The summed E-state index contributed by atoms with van der Waals surface area (Å²) in [7, 11) is 1.44. The maximum atomic E-state index is 13.1. The Morgan fingerprint density at radius 1 is 1.50 bits per heavy atom. The molecule has 0 saturated carbocycles. The van der Waals surface area contributed by atoms with Crippen LogP contribution in [0, 0.1) is 5.82 Å². The van der Waals surface area contributed by atoms with E-state index < -0.39 is 17.3 Å². The molecule has 0 unspecified atom stereocenters. The third-order valence-electron chi connectivity index (χ3n) is 2.34. The van der Waals surface area contributed by atoms with Crippen molar-refractivity contribution in [2.45, 2.75) is 6.61 Å². The Morgan fingerprint density at radius 3 is 2.89 bits per heavy atom. The van der Waals surface area contributed by atoms with Crippen LogP contribution in [0.25, 0.3) is 11.1 Å². The first-order valence-electron chi connectivity index (χ1n) is 5.19. The maximum Gasteiger partial charge on any atom is 0.262 e. The number of aromatic amines is 1. The number of H-pyrrole nitrogens is 1. The molecule has 2 rings (SSSR count). The van der Waals surface area contributed by atoms with Crippen molar-refractivity contribution in [2.24, 2.45) is 0 Å². The summed E-state index contributed by atoms with van der Waals surface area (Å²) in [4.78, 5) is 18.1. The van der Waals surface area contributed by atoms with Gasteiger partial charge in [-0.05, 0) is 17.7 Å². The van der Waals surface area contributed by atoms with E-state index in [-0.39, 0.29) is 23.6 Å². The number of hydrogen-bond acceptors (Lipinski definition) is 4. The van der Waals surface area contributed by atoms with Crippen LogP contribution in [0.4, 0.5) is 4.39 Å². The summed E-state index contributed by atoms with van der Waals surface area (Å²) >= 11 is 0. The Morgan fingerprint density at radius 2 is 2.28 bits per heavy atom. The van der Waals surface area contributed by atoms with Crippen molar-refractivity contribution in [1.82, 2.24) is 9.97 Å². The van der Waals surface area contributed by atoms with Gasteiger partial charge in [-0.2, -0.15) is 4.98 Å². The molecular formula is C12H11FN2O3. The monoisotopic (exact) mass is 250 g/mol. The van der Waals surface area contributed by atoms with Gasteiger partial charge in [-0.3, -0.25) is 4.79 Å². The molecule has 0 atom stereocenters. The van der Waals surface area contributed by atoms with Gasteiger partial charge in [-0.25, -0.2) is 4.39 Å². The van der Waals surface area contributed by atoms with E-state index in [0.717, 1.165) is 6.07 Å². The van der Waals surface area contributed by atoms with Crippen LogP contribution in [0.15, 0.2) is 29.1 Å². The molecule has 0 aliphatic heterocycles. The molecule has 2 N–H and O–H groups in total. The number of methoxy groups -OCH3 is 1. The van der Waals surface area contributed by atoms with Crippen molar-refractivity contribution in [3.05, 3.63) is 46.3 Å². The van der Waals surface area contributed by atoms with Crippen molar-refractivity contribution >= 4 is 0 Å². The van der Waals surface area contributed by atoms with E-state index >= 15 is 0 Å². The van der Waals surface area contributed by atoms with Gasteiger partial charge in [-0.1, -0.05) is 12.1 Å². The van der Waals surface area contributed by atoms with Crippen molar-refractivity contribution in [3.8, 4) is 17.0 Å². The first-order valence-corrected chi connectivity index (χ1v) is 5.19. The van der Waals surface area contributed by atoms with Crippen LogP contribution in [0.5, 0.6) is 5.88 Å². The van der Waals surface area contributed by atoms with Gasteiger partial charge in [0.2, 0.25) is 5.88 Å². The van der Waals surface area contributed by atoms with Gasteiger partial charge in [0.25, 0.3) is 5.56 Å². The average molecular weight is 250 g/mol. The SMILES string of the molecule is COCc1nc(O)c(-c2cccc(F)c2)c(=O)[nH]1. The van der Waals surface area contributed by atoms with Crippen molar-refractivity contribution in [2.75, 3.05) is 7.11 Å². The highest BCUT2D eigenvalue weighted by Gasteiger charge is 2.13. The topological polar surface area (TPSA) is 75.2 Å². The Hall–Kier alpha value is -2.21. The van der Waals surface area contributed by atoms with Crippen LogP contribution in [-0.2, 0) is 11.3 Å². The maximum absolute atomic E-state index is 13.1. The van der Waals surface area contributed by atoms with Gasteiger partial charge >= 0.3 is 0 Å². The summed E-state index contributed by atoms with van der Waals surface area (Å²) in [6.07, 6.45) is 0. The zero-order valence-electron chi connectivity index (χ0n) is 9.61. The van der Waals surface area contributed by atoms with Crippen molar-refractivity contribution in [3.63, 3.8) is 0 Å². The lowest BCUT2D eigenvalue weighted by Crippen LogP contribution is -2.14. The number of hydrogen-bond donors (Lipinski definition) is 2. The molecule has 0 radical (unpaired) electrons. The summed E-state index contributed by atoms with van der Waals surface area (Å²) in [5, 5.41) is 9.73. The van der Waals surface area contributed by atoms with Gasteiger partial charge in [0, 0.05) is 7.11 Å². The van der Waals surface area contributed by atoms with Crippen LogP contribution in [0.3, 0.4) is 0 Å². The summed E-state index contributed by atoms with van der Waals surface area (Å²) in [5.41, 5.74) is -0.334. The summed E-state index contributed by atoms with van der Waals surface area (Å²) in [5.74, 6) is -0.733. The second kappa shape index (κ2) is 4.97. The van der Waals surface area contributed by atoms with Crippen LogP contribution in [0.2, 0.25) is 0 Å². The van der Waals surface area contributed by atoms with Crippen molar-refractivity contribution < 1.29 is 14.2 Å². The first kappa shape index (κ1) is 12.3. The molecule has 1 aromatic heterocycles. The third-order valence-corrected chi connectivity index (χ3v) is 2.34. The molecule has 0 saturated heterocycles. The minimum Gasteiger partial charge on any atom is -0.493 e. The fourth-order valence-electron chi connectivity index (χ4n) is 1.62. The second-order valence-electron chi connectivity index (χ2n) is 3.65. The molecule has 6 heteroatoms. The van der Waals surface area contributed by atoms with E-state index in [1.807, 2.05) is 0 Å². The van der Waals surface area contributed by atoms with Gasteiger partial charge in [0.1, 0.15) is 23.8 Å². The molecule has 0 spiro atoms. The molecule has 0 aliphatic carbocycles. The number of rotatable bonds is 3. The van der Waals surface area contributed by atoms with Gasteiger partial charge < -0.3 is 14.8 Å². The summed E-state index contributed by atoms with van der Waals surface area (Å²) in [6.45, 7) is 0.0756. The number of aromatic hydroxyl groups is 1. The van der Waals surface area contributed by atoms with Gasteiger partial charge in [0.05, 0.1) is 0 Å². The van der Waals surface area contributed by atoms with E-state index in [4.69, 9.17) is 4.74 Å². The molecule has 0 bridgehead atoms. The summed E-state index contributed by atoms with van der Waals surface area (Å²) < 4.78 is 17.9. The highest BCUT2D eigenvalue weighted by Crippen LogP contribution is 2.23. The van der Waals surface area contributed by atoms with Crippen LogP contribution in [-0.4, -0.2) is 22.2 Å². The van der Waals surface area contributed by atoms with Crippen LogP contribution >= 0.6 is 0 Å². The van der Waals surface area contributed by atoms with Gasteiger partial charge in [0.15, 0.2) is 0 Å². The number of halogens is 1. The lowest BCUT2D eigenvalue weighted by atomic mass is 10.1. The van der Waals surface area contributed by atoms with Crippen LogP contribution in [0.1, 0.15) is 5.82 Å². The highest BCUT2D eigenvalue weighted by molar-refractivity contribution is 5.67. The zero-order valence-corrected chi connectivity index (χ0v) is 9.61. The minimum atomic E-state index is -0.542. The normalized spacial score (nSPS) is 10.6. The first-order chi connectivity index (χ1) is 8.61. The van der Waals surface area contributed by atoms with E-state index in [9.17, 15) is 14.3 Å². The van der Waals surface area contributed by atoms with E-state index in [1.165, 1.54) is 25.3 Å². The Kier molecular flexibility index (Phi) is 3.38. The lowest BCUT2D eigenvalue weighted by Gasteiger charge is -2.05. The number of nitrogens with zero attached hydrogens (tertiary/aromatic N) is 1. The lowest BCUT2D eigenvalue weighted by molar-refractivity contribution is 0.176. The molecule has 5 nitrogen and oxygen atoms in total. The zero-order chi connectivity index (χ0) is 13.1. The molecule has 0 aliphatic rings. The fourth-order valence-corrected chi connectivity index (χ4v) is 1.62. The Bertz CT molecular complexity index is 625. The highest BCUT2D eigenvalue weighted by atomic mass is 19.1.